The van der Waals surface area contributed by atoms with Crippen LogP contribution in [0.25, 0.3) is 0 Å². The Labute approximate surface area is 85.3 Å². The lowest BCUT2D eigenvalue weighted by Crippen LogP contribution is -2.02. The Kier molecular flexibility index (Phi) is 2.84. The number of carboxylic acid groups (broad SMARTS) is 1. The van der Waals surface area contributed by atoms with E-state index < -0.39 is 5.97 Å². The van der Waals surface area contributed by atoms with Gasteiger partial charge in [0, 0.05) is 0 Å². The molecule has 2 heteroatoms. The zero-order valence-electron chi connectivity index (χ0n) is 9.24. The summed E-state index contributed by atoms with van der Waals surface area (Å²) in [7, 11) is 0. The van der Waals surface area contributed by atoms with Crippen LogP contribution >= 0.6 is 0 Å². The van der Waals surface area contributed by atoms with E-state index in [1.54, 1.807) is 0 Å². The van der Waals surface area contributed by atoms with Crippen molar-refractivity contribution in [3.8, 4) is 0 Å². The predicted octanol–water partition coefficient (Wildman–Crippen LogP) is 2.87. The molecule has 1 fully saturated rings. The molecule has 0 aliphatic heterocycles. The fraction of sp³-hybridized carbons (Fsp3) is 0.583. The molecule has 1 saturated carbocycles. The number of carbonyl (C=O) groups is 1. The van der Waals surface area contributed by atoms with Gasteiger partial charge in [-0.05, 0) is 25.2 Å². The van der Waals surface area contributed by atoms with Crippen LogP contribution in [0.2, 0.25) is 0 Å². The van der Waals surface area contributed by atoms with Crippen molar-refractivity contribution in [3.63, 3.8) is 0 Å². The molecule has 2 atom stereocenters. The highest BCUT2D eigenvalue weighted by Crippen LogP contribution is 2.58. The van der Waals surface area contributed by atoms with Gasteiger partial charge < -0.3 is 5.11 Å². The Morgan fingerprint density at radius 3 is 2.29 bits per heavy atom. The van der Waals surface area contributed by atoms with E-state index in [2.05, 4.69) is 0 Å². The van der Waals surface area contributed by atoms with Crippen LogP contribution < -0.4 is 0 Å². The molecule has 0 aromatic rings. The fourth-order valence-electron chi connectivity index (χ4n) is 1.88. The quantitative estimate of drug-likeness (QED) is 0.701. The molecule has 0 spiro atoms. The summed E-state index contributed by atoms with van der Waals surface area (Å²) in [5, 5.41) is 8.92. The molecule has 1 aliphatic carbocycles. The first-order chi connectivity index (χ1) is 6.37. The van der Waals surface area contributed by atoms with Gasteiger partial charge in [-0.15, -0.1) is 0 Å². The topological polar surface area (TPSA) is 37.3 Å². The number of hydrogen-bond acceptors (Lipinski definition) is 1. The van der Waals surface area contributed by atoms with E-state index in [9.17, 15) is 4.79 Å². The maximum absolute atomic E-state index is 10.8. The van der Waals surface area contributed by atoms with Gasteiger partial charge >= 0.3 is 5.97 Å². The van der Waals surface area contributed by atoms with Crippen LogP contribution in [0, 0.1) is 17.3 Å². The Morgan fingerprint density at radius 1 is 1.36 bits per heavy atom. The van der Waals surface area contributed by atoms with Crippen LogP contribution in [0.1, 0.15) is 27.7 Å². The van der Waals surface area contributed by atoms with E-state index in [0.717, 1.165) is 0 Å². The summed E-state index contributed by atoms with van der Waals surface area (Å²) in [6, 6.07) is 0. The van der Waals surface area contributed by atoms with Crippen LogP contribution in [0.4, 0.5) is 0 Å². The second-order valence-electron chi connectivity index (χ2n) is 4.79. The zero-order chi connectivity index (χ0) is 10.9. The number of hydrogen-bond donors (Lipinski definition) is 1. The van der Waals surface area contributed by atoms with E-state index in [1.807, 2.05) is 45.9 Å². The first-order valence-electron chi connectivity index (χ1n) is 4.92. The van der Waals surface area contributed by atoms with Crippen molar-refractivity contribution < 1.29 is 9.90 Å². The summed E-state index contributed by atoms with van der Waals surface area (Å²) in [5.41, 5.74) is 1.16. The van der Waals surface area contributed by atoms with Crippen molar-refractivity contribution in [1.29, 1.82) is 0 Å². The molecule has 0 amide bonds. The highest BCUT2D eigenvalue weighted by atomic mass is 16.4. The lowest BCUT2D eigenvalue weighted by atomic mass is 10.1. The van der Waals surface area contributed by atoms with Gasteiger partial charge in [0.2, 0.25) is 0 Å². The average Bonchev–Trinajstić information content (AvgIpc) is 2.52. The minimum absolute atomic E-state index is 0.0716. The Hall–Kier alpha value is -1.05. The van der Waals surface area contributed by atoms with Gasteiger partial charge in [0.05, 0.1) is 5.92 Å². The summed E-state index contributed by atoms with van der Waals surface area (Å²) in [5.74, 6) is -0.693. The van der Waals surface area contributed by atoms with Gasteiger partial charge in [-0.3, -0.25) is 4.79 Å². The Balaban J connectivity index is 2.62. The van der Waals surface area contributed by atoms with Gasteiger partial charge in [-0.25, -0.2) is 0 Å². The van der Waals surface area contributed by atoms with E-state index in [4.69, 9.17) is 5.11 Å². The third-order valence-electron chi connectivity index (χ3n) is 2.92. The first kappa shape index (κ1) is 11.0. The van der Waals surface area contributed by atoms with E-state index in [0.29, 0.717) is 0 Å². The summed E-state index contributed by atoms with van der Waals surface area (Å²) in [6.07, 6.45) is 5.98. The molecule has 2 nitrogen and oxygen atoms in total. The Morgan fingerprint density at radius 2 is 1.93 bits per heavy atom. The second-order valence-corrected chi connectivity index (χ2v) is 4.79. The van der Waals surface area contributed by atoms with Crippen molar-refractivity contribution >= 4 is 5.97 Å². The minimum Gasteiger partial charge on any atom is -0.481 e. The molecule has 0 bridgehead atoms. The summed E-state index contributed by atoms with van der Waals surface area (Å²) >= 11 is 0. The molecule has 78 valence electrons. The number of aliphatic carboxylic acids is 1. The van der Waals surface area contributed by atoms with Crippen molar-refractivity contribution in [3.05, 3.63) is 23.8 Å². The molecular formula is C12H18O2. The van der Waals surface area contributed by atoms with Gasteiger partial charge in [0.1, 0.15) is 0 Å². The molecule has 0 saturated heterocycles. The summed E-state index contributed by atoms with van der Waals surface area (Å²) in [6.45, 7) is 8.06. The molecule has 1 N–H and O–H groups in total. The normalized spacial score (nSPS) is 28.9. The zero-order valence-corrected chi connectivity index (χ0v) is 9.24. The lowest BCUT2D eigenvalue weighted by Gasteiger charge is -1.96. The molecular weight excluding hydrogens is 176 g/mol. The predicted molar refractivity (Wildman–Crippen MR) is 57.0 cm³/mol. The summed E-state index contributed by atoms with van der Waals surface area (Å²) < 4.78 is 0. The van der Waals surface area contributed by atoms with Gasteiger partial charge in [-0.2, -0.15) is 0 Å². The molecule has 1 rings (SSSR count). The molecule has 0 aromatic heterocycles. The van der Waals surface area contributed by atoms with Gasteiger partial charge in [0.25, 0.3) is 0 Å². The minimum atomic E-state index is -0.679. The number of carboxylic acids is 1. The Bertz CT molecular complexity index is 293. The van der Waals surface area contributed by atoms with Crippen molar-refractivity contribution in [2.75, 3.05) is 0 Å². The first-order valence-corrected chi connectivity index (χ1v) is 4.92. The number of allylic oxidation sites excluding steroid dienone is 4. The van der Waals surface area contributed by atoms with Crippen molar-refractivity contribution in [2.45, 2.75) is 27.7 Å². The molecule has 0 radical (unpaired) electrons. The van der Waals surface area contributed by atoms with E-state index in [1.165, 1.54) is 5.57 Å². The highest BCUT2D eigenvalue weighted by molar-refractivity contribution is 5.76. The van der Waals surface area contributed by atoms with Gasteiger partial charge in [-0.1, -0.05) is 37.6 Å². The molecule has 0 aromatic carbocycles. The molecule has 14 heavy (non-hydrogen) atoms. The average molecular weight is 194 g/mol. The third-order valence-corrected chi connectivity index (χ3v) is 2.92. The molecule has 0 unspecified atom stereocenters. The maximum Gasteiger partial charge on any atom is 0.307 e. The SMILES string of the molecule is CC(C)=CC=C[C@@H]1[C@H](C(=O)O)C1(C)C. The standard InChI is InChI=1S/C12H18O2/c1-8(2)6-5-7-9-10(11(13)14)12(9,3)4/h5-7,9-10H,1-4H3,(H,13,14)/t9-,10-/m1/s1. The summed E-state index contributed by atoms with van der Waals surface area (Å²) in [4.78, 5) is 10.8. The van der Waals surface area contributed by atoms with Crippen molar-refractivity contribution in [2.24, 2.45) is 17.3 Å². The molecule has 0 heterocycles. The fourth-order valence-corrected chi connectivity index (χ4v) is 1.88. The van der Waals surface area contributed by atoms with Crippen LogP contribution in [0.5, 0.6) is 0 Å². The van der Waals surface area contributed by atoms with E-state index >= 15 is 0 Å². The van der Waals surface area contributed by atoms with Crippen LogP contribution in [-0.4, -0.2) is 11.1 Å². The highest BCUT2D eigenvalue weighted by Gasteiger charge is 2.60. The van der Waals surface area contributed by atoms with Crippen molar-refractivity contribution in [1.82, 2.24) is 0 Å². The van der Waals surface area contributed by atoms with Crippen LogP contribution in [0.15, 0.2) is 23.8 Å². The molecule has 1 aliphatic rings. The lowest BCUT2D eigenvalue weighted by molar-refractivity contribution is -0.139. The monoisotopic (exact) mass is 194 g/mol. The van der Waals surface area contributed by atoms with Crippen LogP contribution in [-0.2, 0) is 4.79 Å². The third kappa shape index (κ3) is 2.06. The smallest absolute Gasteiger partial charge is 0.307 e. The van der Waals surface area contributed by atoms with Crippen LogP contribution in [0.3, 0.4) is 0 Å². The van der Waals surface area contributed by atoms with Gasteiger partial charge in [0.15, 0.2) is 0 Å². The van der Waals surface area contributed by atoms with E-state index in [-0.39, 0.29) is 17.3 Å². The second kappa shape index (κ2) is 3.60. The number of rotatable bonds is 3. The maximum atomic E-state index is 10.8. The largest absolute Gasteiger partial charge is 0.481 e.